The Labute approximate surface area is 147 Å². The molecule has 1 aromatic carbocycles. The number of aryl methyl sites for hydroxylation is 2. The summed E-state index contributed by atoms with van der Waals surface area (Å²) in [7, 11) is 1.92. The van der Waals surface area contributed by atoms with Gasteiger partial charge in [-0.05, 0) is 24.6 Å². The first-order valence-electron chi connectivity index (χ1n) is 8.58. The van der Waals surface area contributed by atoms with E-state index in [1.807, 2.05) is 37.0 Å². The molecule has 25 heavy (non-hydrogen) atoms. The summed E-state index contributed by atoms with van der Waals surface area (Å²) in [5.74, 6) is 1.78. The van der Waals surface area contributed by atoms with E-state index < -0.39 is 0 Å². The first-order valence-corrected chi connectivity index (χ1v) is 8.58. The first-order chi connectivity index (χ1) is 12.1. The average molecular weight is 337 g/mol. The predicted octanol–water partition coefficient (Wildman–Crippen LogP) is 1.58. The molecule has 0 unspecified atom stereocenters. The monoisotopic (exact) mass is 337 g/mol. The lowest BCUT2D eigenvalue weighted by Gasteiger charge is -2.35. The van der Waals surface area contributed by atoms with Gasteiger partial charge in [0.2, 0.25) is 0 Å². The van der Waals surface area contributed by atoms with Crippen LogP contribution in [0.15, 0.2) is 30.5 Å². The standard InChI is InChI=1S/C18H23N7/c1-13-21-17-16(11-20-23(17)2)18(22-13)25-8-6-24(7-9-25)12-14-4-3-5-15(19)10-14/h3-5,10-11H,6-9,12,19H2,1-2H3. The number of hydrogen-bond donors (Lipinski definition) is 1. The van der Waals surface area contributed by atoms with Gasteiger partial charge in [-0.1, -0.05) is 12.1 Å². The van der Waals surface area contributed by atoms with Crippen LogP contribution in [0, 0.1) is 6.92 Å². The highest BCUT2D eigenvalue weighted by Gasteiger charge is 2.21. The topological polar surface area (TPSA) is 76.1 Å². The number of nitrogens with zero attached hydrogens (tertiary/aromatic N) is 6. The molecular formula is C18H23N7. The van der Waals surface area contributed by atoms with Crippen LogP contribution in [-0.2, 0) is 13.6 Å². The number of rotatable bonds is 3. The number of benzene rings is 1. The van der Waals surface area contributed by atoms with Crippen LogP contribution in [0.2, 0.25) is 0 Å². The predicted molar refractivity (Wildman–Crippen MR) is 99.4 cm³/mol. The Balaban J connectivity index is 1.49. The molecule has 0 radical (unpaired) electrons. The fourth-order valence-corrected chi connectivity index (χ4v) is 3.42. The molecule has 130 valence electrons. The molecule has 1 aliphatic heterocycles. The van der Waals surface area contributed by atoms with Gasteiger partial charge in [-0.3, -0.25) is 9.58 Å². The number of nitrogen functional groups attached to an aromatic ring is 1. The zero-order valence-electron chi connectivity index (χ0n) is 14.7. The lowest BCUT2D eigenvalue weighted by Crippen LogP contribution is -2.46. The van der Waals surface area contributed by atoms with Gasteiger partial charge in [0.1, 0.15) is 11.6 Å². The van der Waals surface area contributed by atoms with E-state index in [-0.39, 0.29) is 0 Å². The van der Waals surface area contributed by atoms with Crippen molar-refractivity contribution in [1.29, 1.82) is 0 Å². The molecule has 0 atom stereocenters. The van der Waals surface area contributed by atoms with Crippen LogP contribution in [-0.4, -0.2) is 50.8 Å². The maximum absolute atomic E-state index is 5.88. The van der Waals surface area contributed by atoms with Gasteiger partial charge in [0.05, 0.1) is 11.6 Å². The van der Waals surface area contributed by atoms with Crippen molar-refractivity contribution in [2.75, 3.05) is 36.8 Å². The lowest BCUT2D eigenvalue weighted by molar-refractivity contribution is 0.249. The fourth-order valence-electron chi connectivity index (χ4n) is 3.42. The summed E-state index contributed by atoms with van der Waals surface area (Å²) >= 11 is 0. The second kappa shape index (κ2) is 6.33. The number of piperazine rings is 1. The Kier molecular flexibility index (Phi) is 4.01. The van der Waals surface area contributed by atoms with Gasteiger partial charge in [0.25, 0.3) is 0 Å². The Morgan fingerprint density at radius 1 is 1.12 bits per heavy atom. The molecule has 4 rings (SSSR count). The second-order valence-electron chi connectivity index (χ2n) is 6.61. The highest BCUT2D eigenvalue weighted by molar-refractivity contribution is 5.87. The smallest absolute Gasteiger partial charge is 0.163 e. The van der Waals surface area contributed by atoms with Crippen molar-refractivity contribution in [2.45, 2.75) is 13.5 Å². The first kappa shape index (κ1) is 15.8. The SMILES string of the molecule is Cc1nc(N2CCN(Cc3cccc(N)c3)CC2)c2cnn(C)c2n1. The molecule has 3 aromatic rings. The van der Waals surface area contributed by atoms with Crippen molar-refractivity contribution in [3.05, 3.63) is 41.9 Å². The highest BCUT2D eigenvalue weighted by atomic mass is 15.3. The summed E-state index contributed by atoms with van der Waals surface area (Å²) in [5, 5.41) is 5.36. The molecule has 0 bridgehead atoms. The summed E-state index contributed by atoms with van der Waals surface area (Å²) in [6.07, 6.45) is 1.86. The van der Waals surface area contributed by atoms with Crippen LogP contribution in [0.4, 0.5) is 11.5 Å². The number of hydrogen-bond acceptors (Lipinski definition) is 6. The van der Waals surface area contributed by atoms with Crippen LogP contribution in [0.5, 0.6) is 0 Å². The minimum absolute atomic E-state index is 0.785. The summed E-state index contributed by atoms with van der Waals surface area (Å²) in [6, 6.07) is 8.14. The van der Waals surface area contributed by atoms with Crippen LogP contribution < -0.4 is 10.6 Å². The molecular weight excluding hydrogens is 314 g/mol. The van der Waals surface area contributed by atoms with E-state index in [1.165, 1.54) is 5.56 Å². The third kappa shape index (κ3) is 3.15. The van der Waals surface area contributed by atoms with Crippen molar-refractivity contribution in [2.24, 2.45) is 7.05 Å². The maximum atomic E-state index is 5.88. The van der Waals surface area contributed by atoms with Gasteiger partial charge < -0.3 is 10.6 Å². The van der Waals surface area contributed by atoms with Gasteiger partial charge >= 0.3 is 0 Å². The Morgan fingerprint density at radius 2 is 1.92 bits per heavy atom. The van der Waals surface area contributed by atoms with Gasteiger partial charge in [-0.15, -0.1) is 0 Å². The number of fused-ring (bicyclic) bond motifs is 1. The number of nitrogens with two attached hydrogens (primary N) is 1. The largest absolute Gasteiger partial charge is 0.399 e. The molecule has 0 saturated carbocycles. The number of aromatic nitrogens is 4. The van der Waals surface area contributed by atoms with Crippen molar-refractivity contribution in [3.8, 4) is 0 Å². The zero-order valence-corrected chi connectivity index (χ0v) is 14.7. The zero-order chi connectivity index (χ0) is 17.4. The normalized spacial score (nSPS) is 15.8. The molecule has 0 spiro atoms. The third-order valence-electron chi connectivity index (χ3n) is 4.71. The van der Waals surface area contributed by atoms with Gasteiger partial charge in [0.15, 0.2) is 5.65 Å². The van der Waals surface area contributed by atoms with Crippen LogP contribution >= 0.6 is 0 Å². The van der Waals surface area contributed by atoms with Crippen molar-refractivity contribution in [3.63, 3.8) is 0 Å². The Morgan fingerprint density at radius 3 is 2.68 bits per heavy atom. The lowest BCUT2D eigenvalue weighted by atomic mass is 10.1. The van der Waals surface area contributed by atoms with E-state index in [4.69, 9.17) is 5.73 Å². The molecule has 1 saturated heterocycles. The van der Waals surface area contributed by atoms with Crippen LogP contribution in [0.25, 0.3) is 11.0 Å². The molecule has 7 nitrogen and oxygen atoms in total. The van der Waals surface area contributed by atoms with E-state index >= 15 is 0 Å². The molecule has 3 heterocycles. The molecule has 2 N–H and O–H groups in total. The van der Waals surface area contributed by atoms with E-state index in [9.17, 15) is 0 Å². The van der Waals surface area contributed by atoms with Crippen molar-refractivity contribution in [1.82, 2.24) is 24.6 Å². The molecule has 2 aromatic heterocycles. The maximum Gasteiger partial charge on any atom is 0.163 e. The summed E-state index contributed by atoms with van der Waals surface area (Å²) < 4.78 is 1.81. The minimum atomic E-state index is 0.785. The van der Waals surface area contributed by atoms with E-state index in [2.05, 4.69) is 37.0 Å². The van der Waals surface area contributed by atoms with Gasteiger partial charge in [-0.25, -0.2) is 9.97 Å². The summed E-state index contributed by atoms with van der Waals surface area (Å²) in [6.45, 7) is 6.76. The molecule has 7 heteroatoms. The Hall–Kier alpha value is -2.67. The molecule has 1 fully saturated rings. The highest BCUT2D eigenvalue weighted by Crippen LogP contribution is 2.24. The van der Waals surface area contributed by atoms with Crippen molar-refractivity contribution >= 4 is 22.5 Å². The quantitative estimate of drug-likeness (QED) is 0.731. The van der Waals surface area contributed by atoms with E-state index in [1.54, 1.807) is 0 Å². The summed E-state index contributed by atoms with van der Waals surface area (Å²) in [5.41, 5.74) is 8.87. The summed E-state index contributed by atoms with van der Waals surface area (Å²) in [4.78, 5) is 14.0. The number of anilines is 2. The second-order valence-corrected chi connectivity index (χ2v) is 6.61. The van der Waals surface area contributed by atoms with E-state index in [0.717, 1.165) is 61.1 Å². The Bertz CT molecular complexity index is 894. The fraction of sp³-hybridized carbons (Fsp3) is 0.389. The molecule has 0 amide bonds. The molecule has 1 aliphatic rings. The average Bonchev–Trinajstić information content (AvgIpc) is 2.96. The van der Waals surface area contributed by atoms with Crippen LogP contribution in [0.1, 0.15) is 11.4 Å². The minimum Gasteiger partial charge on any atom is -0.399 e. The van der Waals surface area contributed by atoms with Gasteiger partial charge in [0, 0.05) is 45.5 Å². The molecule has 0 aliphatic carbocycles. The third-order valence-corrected chi connectivity index (χ3v) is 4.71. The van der Waals surface area contributed by atoms with Crippen LogP contribution in [0.3, 0.4) is 0 Å². The van der Waals surface area contributed by atoms with E-state index in [0.29, 0.717) is 0 Å². The van der Waals surface area contributed by atoms with Gasteiger partial charge in [-0.2, -0.15) is 5.10 Å². The van der Waals surface area contributed by atoms with Crippen molar-refractivity contribution < 1.29 is 0 Å².